The lowest BCUT2D eigenvalue weighted by Gasteiger charge is -2.53. The zero-order valence-electron chi connectivity index (χ0n) is 15.8. The Kier molecular flexibility index (Phi) is 4.57. The molecule has 2 aliphatic heterocycles. The van der Waals surface area contributed by atoms with Crippen molar-refractivity contribution in [3.63, 3.8) is 0 Å². The van der Waals surface area contributed by atoms with Crippen LogP contribution in [0.3, 0.4) is 0 Å². The molecule has 4 rings (SSSR count). The number of H-pyrrole nitrogens is 1. The van der Waals surface area contributed by atoms with Gasteiger partial charge in [-0.3, -0.25) is 9.69 Å². The number of amides is 1. The Labute approximate surface area is 154 Å². The van der Waals surface area contributed by atoms with Crippen LogP contribution < -0.4 is 5.32 Å². The molecular formula is C19H30N4O3. The van der Waals surface area contributed by atoms with Gasteiger partial charge in [0.25, 0.3) is 0 Å². The Morgan fingerprint density at radius 3 is 2.77 bits per heavy atom. The zero-order chi connectivity index (χ0) is 18.4. The molecule has 1 spiro atoms. The van der Waals surface area contributed by atoms with Crippen molar-refractivity contribution < 1.29 is 14.6 Å². The van der Waals surface area contributed by atoms with Crippen molar-refractivity contribution in [3.8, 4) is 0 Å². The third kappa shape index (κ3) is 3.28. The number of aliphatic hydroxyl groups is 1. The van der Waals surface area contributed by atoms with Crippen LogP contribution in [0.2, 0.25) is 0 Å². The summed E-state index contributed by atoms with van der Waals surface area (Å²) >= 11 is 0. The van der Waals surface area contributed by atoms with Crippen LogP contribution >= 0.6 is 0 Å². The van der Waals surface area contributed by atoms with Gasteiger partial charge in [-0.2, -0.15) is 0 Å². The van der Waals surface area contributed by atoms with Gasteiger partial charge in [0.2, 0.25) is 5.91 Å². The van der Waals surface area contributed by atoms with Crippen LogP contribution in [0.15, 0.2) is 6.33 Å². The fourth-order valence-corrected chi connectivity index (χ4v) is 4.39. The number of aromatic nitrogens is 2. The average molecular weight is 362 g/mol. The van der Waals surface area contributed by atoms with E-state index >= 15 is 0 Å². The number of carbonyl (C=O) groups excluding carboxylic acids is 1. The van der Waals surface area contributed by atoms with Crippen LogP contribution in [0.5, 0.6) is 0 Å². The van der Waals surface area contributed by atoms with Gasteiger partial charge in [0.1, 0.15) is 6.10 Å². The monoisotopic (exact) mass is 362 g/mol. The molecule has 0 radical (unpaired) electrons. The normalized spacial score (nSPS) is 31.9. The first-order chi connectivity index (χ1) is 12.4. The van der Waals surface area contributed by atoms with E-state index in [-0.39, 0.29) is 11.8 Å². The number of aromatic amines is 1. The smallest absolute Gasteiger partial charge is 0.223 e. The second kappa shape index (κ2) is 6.62. The van der Waals surface area contributed by atoms with Crippen molar-refractivity contribution in [2.45, 2.75) is 69.7 Å². The SMILES string of the molecule is Cc1[nH]cnc1CN1CCC2(CC1)OCC[C@@](C)(NC(=O)C1CC1)[C@@H]2O. The summed E-state index contributed by atoms with van der Waals surface area (Å²) < 4.78 is 6.13. The Morgan fingerprint density at radius 2 is 2.15 bits per heavy atom. The van der Waals surface area contributed by atoms with Gasteiger partial charge < -0.3 is 20.1 Å². The largest absolute Gasteiger partial charge is 0.388 e. The first kappa shape index (κ1) is 17.9. The maximum absolute atomic E-state index is 12.3. The lowest BCUT2D eigenvalue weighted by molar-refractivity contribution is -0.208. The number of hydrogen-bond donors (Lipinski definition) is 3. The maximum Gasteiger partial charge on any atom is 0.223 e. The molecule has 3 heterocycles. The standard InChI is InChI=1S/C19H30N4O3/c1-13-15(21-12-20-13)11-23-8-5-19(6-9-23)17(25)18(2,7-10-26-19)22-16(24)14-3-4-14/h12,14,17,25H,3-11H2,1-2H3,(H,20,21)(H,22,24)/t17-,18+/m0/s1. The molecule has 1 aliphatic carbocycles. The van der Waals surface area contributed by atoms with Crippen molar-refractivity contribution in [1.29, 1.82) is 0 Å². The summed E-state index contributed by atoms with van der Waals surface area (Å²) in [5.74, 6) is 0.242. The highest BCUT2D eigenvalue weighted by atomic mass is 16.5. The first-order valence-corrected chi connectivity index (χ1v) is 9.77. The highest BCUT2D eigenvalue weighted by Crippen LogP contribution is 2.41. The van der Waals surface area contributed by atoms with Crippen LogP contribution in [-0.4, -0.2) is 62.8 Å². The summed E-state index contributed by atoms with van der Waals surface area (Å²) in [6.07, 6.45) is 5.20. The molecular weight excluding hydrogens is 332 g/mol. The number of nitrogens with one attached hydrogen (secondary N) is 2. The average Bonchev–Trinajstić information content (AvgIpc) is 3.39. The number of imidazole rings is 1. The van der Waals surface area contributed by atoms with E-state index in [4.69, 9.17) is 4.74 Å². The van der Waals surface area contributed by atoms with E-state index in [0.717, 1.165) is 56.7 Å². The number of aryl methyl sites for hydroxylation is 1. The summed E-state index contributed by atoms with van der Waals surface area (Å²) in [6, 6.07) is 0. The summed E-state index contributed by atoms with van der Waals surface area (Å²) in [6.45, 7) is 7.12. The van der Waals surface area contributed by atoms with Crippen molar-refractivity contribution in [2.24, 2.45) is 5.92 Å². The highest BCUT2D eigenvalue weighted by molar-refractivity contribution is 5.81. The number of nitrogens with zero attached hydrogens (tertiary/aromatic N) is 2. The third-order valence-corrected chi connectivity index (χ3v) is 6.48. The molecule has 2 atom stereocenters. The van der Waals surface area contributed by atoms with Gasteiger partial charge in [-0.1, -0.05) is 0 Å². The molecule has 2 saturated heterocycles. The molecule has 1 aromatic heterocycles. The number of likely N-dealkylation sites (tertiary alicyclic amines) is 1. The number of carbonyl (C=O) groups is 1. The minimum Gasteiger partial charge on any atom is -0.388 e. The van der Waals surface area contributed by atoms with Crippen LogP contribution in [0.4, 0.5) is 0 Å². The number of piperidine rings is 1. The van der Waals surface area contributed by atoms with Crippen LogP contribution in [0, 0.1) is 12.8 Å². The van der Waals surface area contributed by atoms with E-state index in [9.17, 15) is 9.90 Å². The van der Waals surface area contributed by atoms with Gasteiger partial charge in [0.05, 0.1) is 23.2 Å². The fourth-order valence-electron chi connectivity index (χ4n) is 4.39. The predicted molar refractivity (Wildman–Crippen MR) is 96.4 cm³/mol. The lowest BCUT2D eigenvalue weighted by atomic mass is 9.73. The number of ether oxygens (including phenoxy) is 1. The molecule has 3 fully saturated rings. The maximum atomic E-state index is 12.3. The second-order valence-corrected chi connectivity index (χ2v) is 8.50. The quantitative estimate of drug-likeness (QED) is 0.747. The van der Waals surface area contributed by atoms with Crippen molar-refractivity contribution >= 4 is 5.91 Å². The van der Waals surface area contributed by atoms with Gasteiger partial charge in [-0.05, 0) is 46.0 Å². The van der Waals surface area contributed by atoms with E-state index in [1.165, 1.54) is 0 Å². The molecule has 3 aliphatic rings. The molecule has 3 N–H and O–H groups in total. The van der Waals surface area contributed by atoms with Crippen LogP contribution in [0.1, 0.15) is 50.4 Å². The van der Waals surface area contributed by atoms with Crippen molar-refractivity contribution in [3.05, 3.63) is 17.7 Å². The Bertz CT molecular complexity index is 663. The van der Waals surface area contributed by atoms with Gasteiger partial charge in [-0.15, -0.1) is 0 Å². The molecule has 7 heteroatoms. The molecule has 0 unspecified atom stereocenters. The molecule has 1 amide bonds. The minimum atomic E-state index is -0.680. The molecule has 0 bridgehead atoms. The Hall–Kier alpha value is -1.44. The molecule has 0 aromatic carbocycles. The summed E-state index contributed by atoms with van der Waals surface area (Å²) in [4.78, 5) is 22.1. The Balaban J connectivity index is 1.40. The third-order valence-electron chi connectivity index (χ3n) is 6.48. The summed E-state index contributed by atoms with van der Waals surface area (Å²) in [5, 5.41) is 14.3. The first-order valence-electron chi connectivity index (χ1n) is 9.77. The molecule has 1 aromatic rings. The number of hydrogen-bond acceptors (Lipinski definition) is 5. The highest BCUT2D eigenvalue weighted by Gasteiger charge is 2.54. The van der Waals surface area contributed by atoms with E-state index in [1.54, 1.807) is 6.33 Å². The molecule has 7 nitrogen and oxygen atoms in total. The summed E-state index contributed by atoms with van der Waals surface area (Å²) in [7, 11) is 0. The van der Waals surface area contributed by atoms with E-state index < -0.39 is 17.2 Å². The lowest BCUT2D eigenvalue weighted by Crippen LogP contribution is -2.69. The van der Waals surface area contributed by atoms with Gasteiger partial charge >= 0.3 is 0 Å². The molecule has 144 valence electrons. The zero-order valence-corrected chi connectivity index (χ0v) is 15.8. The molecule has 26 heavy (non-hydrogen) atoms. The topological polar surface area (TPSA) is 90.5 Å². The van der Waals surface area contributed by atoms with E-state index in [1.807, 2.05) is 13.8 Å². The van der Waals surface area contributed by atoms with Gasteiger partial charge in [0, 0.05) is 37.9 Å². The predicted octanol–water partition coefficient (Wildman–Crippen LogP) is 1.12. The number of rotatable bonds is 4. The van der Waals surface area contributed by atoms with Gasteiger partial charge in [0.15, 0.2) is 0 Å². The molecule has 1 saturated carbocycles. The van der Waals surface area contributed by atoms with E-state index in [2.05, 4.69) is 20.2 Å². The van der Waals surface area contributed by atoms with Crippen molar-refractivity contribution in [2.75, 3.05) is 19.7 Å². The minimum absolute atomic E-state index is 0.0926. The van der Waals surface area contributed by atoms with Crippen LogP contribution in [0.25, 0.3) is 0 Å². The van der Waals surface area contributed by atoms with Gasteiger partial charge in [-0.25, -0.2) is 4.98 Å². The Morgan fingerprint density at radius 1 is 1.42 bits per heavy atom. The summed E-state index contributed by atoms with van der Waals surface area (Å²) in [5.41, 5.74) is 1.03. The van der Waals surface area contributed by atoms with E-state index in [0.29, 0.717) is 13.0 Å². The second-order valence-electron chi connectivity index (χ2n) is 8.50. The van der Waals surface area contributed by atoms with Crippen LogP contribution in [-0.2, 0) is 16.1 Å². The number of aliphatic hydroxyl groups excluding tert-OH is 1. The fraction of sp³-hybridized carbons (Fsp3) is 0.789. The van der Waals surface area contributed by atoms with Crippen molar-refractivity contribution in [1.82, 2.24) is 20.2 Å².